The molecule has 1 aliphatic heterocycles. The molecule has 1 aliphatic rings. The molecule has 1 aromatic carbocycles. The van der Waals surface area contributed by atoms with Crippen molar-refractivity contribution in [3.8, 4) is 11.4 Å². The normalized spacial score (nSPS) is 21.8. The van der Waals surface area contributed by atoms with Crippen molar-refractivity contribution in [3.63, 3.8) is 0 Å². The molecular formula is C14H18ClN5O. The largest absolute Gasteiger partial charge is 0.398 e. The first-order valence-electron chi connectivity index (χ1n) is 7.12. The molecule has 2 N–H and O–H groups in total. The van der Waals surface area contributed by atoms with Crippen LogP contribution in [-0.4, -0.2) is 32.9 Å². The van der Waals surface area contributed by atoms with Gasteiger partial charge in [-0.15, -0.1) is 5.10 Å². The van der Waals surface area contributed by atoms with Gasteiger partial charge in [-0.2, -0.15) is 0 Å². The maximum atomic E-state index is 6.27. The molecule has 6 nitrogen and oxygen atoms in total. The van der Waals surface area contributed by atoms with Crippen molar-refractivity contribution >= 4 is 17.3 Å². The highest BCUT2D eigenvalue weighted by Gasteiger charge is 2.28. The number of ether oxygens (including phenoxy) is 1. The number of tetrazole rings is 1. The lowest BCUT2D eigenvalue weighted by Crippen LogP contribution is -2.21. The molecule has 0 radical (unpaired) electrons. The van der Waals surface area contributed by atoms with Gasteiger partial charge in [0.15, 0.2) is 5.82 Å². The van der Waals surface area contributed by atoms with Crippen LogP contribution < -0.4 is 5.73 Å². The van der Waals surface area contributed by atoms with Gasteiger partial charge in [0, 0.05) is 18.1 Å². The van der Waals surface area contributed by atoms with Gasteiger partial charge in [0.1, 0.15) is 0 Å². The van der Waals surface area contributed by atoms with Gasteiger partial charge in [0.05, 0.1) is 23.4 Å². The average Bonchev–Trinajstić information content (AvgIpc) is 3.11. The van der Waals surface area contributed by atoms with Crippen molar-refractivity contribution in [2.24, 2.45) is 5.92 Å². The Balaban J connectivity index is 1.89. The highest BCUT2D eigenvalue weighted by molar-refractivity contribution is 6.35. The van der Waals surface area contributed by atoms with Crippen molar-refractivity contribution in [2.45, 2.75) is 32.4 Å². The van der Waals surface area contributed by atoms with E-state index >= 15 is 0 Å². The van der Waals surface area contributed by atoms with E-state index in [1.54, 1.807) is 10.7 Å². The number of nitrogen functional groups attached to an aromatic ring is 1. The molecule has 0 amide bonds. The van der Waals surface area contributed by atoms with Crippen LogP contribution in [0.15, 0.2) is 18.2 Å². The zero-order valence-corrected chi connectivity index (χ0v) is 12.6. The number of rotatable bonds is 4. The standard InChI is InChI=1S/C14H18ClN5O/c1-2-12-9(6-7-21-12)8-20-14(17-18-19-20)10-4-3-5-11(16)13(10)15/h3-5,9,12H,2,6-8,16H2,1H3. The Morgan fingerprint density at radius 3 is 3.14 bits per heavy atom. The van der Waals surface area contributed by atoms with E-state index in [4.69, 9.17) is 22.1 Å². The SMILES string of the molecule is CCC1OCCC1Cn1nnnc1-c1cccc(N)c1Cl. The summed E-state index contributed by atoms with van der Waals surface area (Å²) in [5.74, 6) is 1.08. The van der Waals surface area contributed by atoms with Crippen molar-refractivity contribution in [2.75, 3.05) is 12.3 Å². The first kappa shape index (κ1) is 14.3. The van der Waals surface area contributed by atoms with Crippen LogP contribution in [-0.2, 0) is 11.3 Å². The van der Waals surface area contributed by atoms with Crippen LogP contribution in [0.2, 0.25) is 5.02 Å². The number of benzene rings is 1. The maximum absolute atomic E-state index is 6.27. The topological polar surface area (TPSA) is 78.8 Å². The van der Waals surface area contributed by atoms with Crippen molar-refractivity contribution in [3.05, 3.63) is 23.2 Å². The minimum absolute atomic E-state index is 0.276. The van der Waals surface area contributed by atoms with Crippen molar-refractivity contribution in [1.29, 1.82) is 0 Å². The van der Waals surface area contributed by atoms with Crippen molar-refractivity contribution in [1.82, 2.24) is 20.2 Å². The summed E-state index contributed by atoms with van der Waals surface area (Å²) in [6, 6.07) is 5.49. The molecule has 2 heterocycles. The van der Waals surface area contributed by atoms with E-state index in [-0.39, 0.29) is 6.10 Å². The molecule has 2 aromatic rings. The van der Waals surface area contributed by atoms with Gasteiger partial charge in [-0.25, -0.2) is 4.68 Å². The molecule has 0 saturated carbocycles. The monoisotopic (exact) mass is 307 g/mol. The Morgan fingerprint density at radius 1 is 1.48 bits per heavy atom. The van der Waals surface area contributed by atoms with E-state index in [1.807, 2.05) is 12.1 Å². The van der Waals surface area contributed by atoms with Crippen LogP contribution in [0.1, 0.15) is 19.8 Å². The minimum Gasteiger partial charge on any atom is -0.398 e. The second-order valence-electron chi connectivity index (χ2n) is 5.26. The number of hydrogen-bond donors (Lipinski definition) is 1. The molecule has 112 valence electrons. The van der Waals surface area contributed by atoms with Crippen LogP contribution in [0.25, 0.3) is 11.4 Å². The smallest absolute Gasteiger partial charge is 0.183 e. The summed E-state index contributed by atoms with van der Waals surface area (Å²) >= 11 is 6.27. The second-order valence-corrected chi connectivity index (χ2v) is 5.64. The highest BCUT2D eigenvalue weighted by Crippen LogP contribution is 2.32. The first-order valence-corrected chi connectivity index (χ1v) is 7.50. The molecule has 2 unspecified atom stereocenters. The van der Waals surface area contributed by atoms with Crippen LogP contribution in [0, 0.1) is 5.92 Å². The summed E-state index contributed by atoms with van der Waals surface area (Å²) < 4.78 is 7.52. The zero-order chi connectivity index (χ0) is 14.8. The number of halogens is 1. The van der Waals surface area contributed by atoms with Crippen LogP contribution in [0.5, 0.6) is 0 Å². The van der Waals surface area contributed by atoms with Crippen LogP contribution in [0.3, 0.4) is 0 Å². The quantitative estimate of drug-likeness (QED) is 0.877. The van der Waals surface area contributed by atoms with Gasteiger partial charge in [-0.1, -0.05) is 24.6 Å². The summed E-state index contributed by atoms with van der Waals surface area (Å²) in [7, 11) is 0. The highest BCUT2D eigenvalue weighted by atomic mass is 35.5. The van der Waals surface area contributed by atoms with E-state index in [0.29, 0.717) is 22.5 Å². The molecule has 0 spiro atoms. The van der Waals surface area contributed by atoms with Crippen LogP contribution >= 0.6 is 11.6 Å². The Kier molecular flexibility index (Phi) is 4.07. The summed E-state index contributed by atoms with van der Waals surface area (Å²) in [4.78, 5) is 0. The molecule has 3 rings (SSSR count). The van der Waals surface area contributed by atoms with Crippen LogP contribution in [0.4, 0.5) is 5.69 Å². The predicted octanol–water partition coefficient (Wildman–Crippen LogP) is 2.39. The number of aromatic nitrogens is 4. The predicted molar refractivity (Wildman–Crippen MR) is 80.8 cm³/mol. The fourth-order valence-electron chi connectivity index (χ4n) is 2.82. The molecule has 21 heavy (non-hydrogen) atoms. The third-order valence-corrected chi connectivity index (χ3v) is 4.38. The Hall–Kier alpha value is -1.66. The molecule has 1 fully saturated rings. The lowest BCUT2D eigenvalue weighted by Gasteiger charge is -2.17. The van der Waals surface area contributed by atoms with Gasteiger partial charge >= 0.3 is 0 Å². The minimum atomic E-state index is 0.276. The number of nitrogens with zero attached hydrogens (tertiary/aromatic N) is 4. The zero-order valence-electron chi connectivity index (χ0n) is 11.9. The Morgan fingerprint density at radius 2 is 2.33 bits per heavy atom. The second kappa shape index (κ2) is 5.99. The summed E-state index contributed by atoms with van der Waals surface area (Å²) in [6.07, 6.45) is 2.31. The summed E-state index contributed by atoms with van der Waals surface area (Å²) in [6.45, 7) is 3.67. The van der Waals surface area contributed by atoms with Gasteiger partial charge in [-0.05, 0) is 35.4 Å². The van der Waals surface area contributed by atoms with Gasteiger partial charge < -0.3 is 10.5 Å². The average molecular weight is 308 g/mol. The van der Waals surface area contributed by atoms with E-state index in [0.717, 1.165) is 31.6 Å². The fourth-order valence-corrected chi connectivity index (χ4v) is 3.03. The lowest BCUT2D eigenvalue weighted by atomic mass is 9.99. The Bertz CT molecular complexity index is 630. The molecular weight excluding hydrogens is 290 g/mol. The lowest BCUT2D eigenvalue weighted by molar-refractivity contribution is 0.0825. The number of anilines is 1. The van der Waals surface area contributed by atoms with Crippen molar-refractivity contribution < 1.29 is 4.74 Å². The van der Waals surface area contributed by atoms with E-state index in [9.17, 15) is 0 Å². The number of nitrogens with two attached hydrogens (primary N) is 1. The third-order valence-electron chi connectivity index (χ3n) is 3.96. The fraction of sp³-hybridized carbons (Fsp3) is 0.500. The molecule has 1 aromatic heterocycles. The molecule has 1 saturated heterocycles. The van der Waals surface area contributed by atoms with Gasteiger partial charge in [0.2, 0.25) is 0 Å². The first-order chi connectivity index (χ1) is 10.2. The third kappa shape index (κ3) is 2.73. The van der Waals surface area contributed by atoms with E-state index < -0.39 is 0 Å². The van der Waals surface area contributed by atoms with E-state index in [1.165, 1.54) is 0 Å². The van der Waals surface area contributed by atoms with Gasteiger partial charge in [0.25, 0.3) is 0 Å². The maximum Gasteiger partial charge on any atom is 0.183 e. The summed E-state index contributed by atoms with van der Waals surface area (Å²) in [5, 5.41) is 12.5. The Labute approximate surface area is 128 Å². The van der Waals surface area contributed by atoms with E-state index in [2.05, 4.69) is 22.4 Å². The number of hydrogen-bond acceptors (Lipinski definition) is 5. The van der Waals surface area contributed by atoms with Gasteiger partial charge in [-0.3, -0.25) is 0 Å². The molecule has 2 atom stereocenters. The molecule has 0 bridgehead atoms. The molecule has 0 aliphatic carbocycles. The molecule has 7 heteroatoms. The summed E-state index contributed by atoms with van der Waals surface area (Å²) in [5.41, 5.74) is 7.14.